The number of hydrogen-bond donors (Lipinski definition) is 0. The van der Waals surface area contributed by atoms with Crippen molar-refractivity contribution in [2.75, 3.05) is 26.8 Å². The first kappa shape index (κ1) is 22.1. The summed E-state index contributed by atoms with van der Waals surface area (Å²) in [5.74, 6) is 0.251. The SMILES string of the molecule is CCOC(=O)Cc1ccc(OCCCN(C)C(=O)OC(C)(C)C)c(Cl)c1. The molecule has 0 fully saturated rings. The van der Waals surface area contributed by atoms with Crippen LogP contribution >= 0.6 is 11.6 Å². The minimum Gasteiger partial charge on any atom is -0.492 e. The quantitative estimate of drug-likeness (QED) is 0.498. The summed E-state index contributed by atoms with van der Waals surface area (Å²) < 4.78 is 15.8. The Morgan fingerprint density at radius 1 is 1.23 bits per heavy atom. The number of carbonyl (C=O) groups is 2. The number of amides is 1. The van der Waals surface area contributed by atoms with Crippen molar-refractivity contribution >= 4 is 23.7 Å². The number of carbonyl (C=O) groups excluding carboxylic acids is 2. The van der Waals surface area contributed by atoms with Gasteiger partial charge in [0.05, 0.1) is 24.7 Å². The topological polar surface area (TPSA) is 65.1 Å². The molecule has 1 rings (SSSR count). The van der Waals surface area contributed by atoms with Crippen molar-refractivity contribution in [3.63, 3.8) is 0 Å². The summed E-state index contributed by atoms with van der Waals surface area (Å²) in [6.45, 7) is 8.52. The third-order valence-corrected chi connectivity index (χ3v) is 3.55. The van der Waals surface area contributed by atoms with Gasteiger partial charge < -0.3 is 19.1 Å². The molecule has 0 aliphatic rings. The van der Waals surface area contributed by atoms with Crippen LogP contribution in [0.4, 0.5) is 4.79 Å². The first-order chi connectivity index (χ1) is 12.1. The highest BCUT2D eigenvalue weighted by molar-refractivity contribution is 6.32. The van der Waals surface area contributed by atoms with E-state index in [0.717, 1.165) is 5.56 Å². The molecule has 0 N–H and O–H groups in total. The minimum absolute atomic E-state index is 0.175. The van der Waals surface area contributed by atoms with Crippen molar-refractivity contribution in [3.8, 4) is 5.75 Å². The van der Waals surface area contributed by atoms with Crippen LogP contribution in [-0.4, -0.2) is 49.4 Å². The van der Waals surface area contributed by atoms with Gasteiger partial charge in [0.25, 0.3) is 0 Å². The average molecular weight is 386 g/mol. The molecule has 0 heterocycles. The zero-order valence-electron chi connectivity index (χ0n) is 16.1. The van der Waals surface area contributed by atoms with Crippen LogP contribution in [0.3, 0.4) is 0 Å². The molecule has 0 spiro atoms. The Hall–Kier alpha value is -1.95. The second kappa shape index (κ2) is 10.3. The fraction of sp³-hybridized carbons (Fsp3) is 0.579. The van der Waals surface area contributed by atoms with Gasteiger partial charge in [-0.2, -0.15) is 0 Å². The van der Waals surface area contributed by atoms with Crippen LogP contribution in [0.25, 0.3) is 0 Å². The third kappa shape index (κ3) is 8.43. The van der Waals surface area contributed by atoms with E-state index in [1.54, 1.807) is 32.2 Å². The molecule has 0 saturated carbocycles. The van der Waals surface area contributed by atoms with E-state index < -0.39 is 5.60 Å². The maximum atomic E-state index is 11.9. The molecule has 1 aromatic rings. The van der Waals surface area contributed by atoms with Gasteiger partial charge >= 0.3 is 12.1 Å². The molecular formula is C19H28ClNO5. The molecule has 26 heavy (non-hydrogen) atoms. The van der Waals surface area contributed by atoms with Gasteiger partial charge in [-0.1, -0.05) is 17.7 Å². The summed E-state index contributed by atoms with van der Waals surface area (Å²) in [5.41, 5.74) is 0.256. The molecular weight excluding hydrogens is 358 g/mol. The fourth-order valence-electron chi connectivity index (χ4n) is 2.07. The van der Waals surface area contributed by atoms with Gasteiger partial charge in [0.1, 0.15) is 11.4 Å². The summed E-state index contributed by atoms with van der Waals surface area (Å²) in [5, 5.41) is 0.437. The van der Waals surface area contributed by atoms with Crippen LogP contribution in [0.1, 0.15) is 39.7 Å². The lowest BCUT2D eigenvalue weighted by Gasteiger charge is -2.24. The lowest BCUT2D eigenvalue weighted by atomic mass is 10.1. The molecule has 0 aliphatic heterocycles. The highest BCUT2D eigenvalue weighted by atomic mass is 35.5. The zero-order chi connectivity index (χ0) is 19.7. The van der Waals surface area contributed by atoms with Gasteiger partial charge in [-0.05, 0) is 51.8 Å². The molecule has 0 saturated heterocycles. The number of hydrogen-bond acceptors (Lipinski definition) is 5. The van der Waals surface area contributed by atoms with E-state index in [-0.39, 0.29) is 18.5 Å². The molecule has 0 atom stereocenters. The summed E-state index contributed by atoms with van der Waals surface area (Å²) in [6.07, 6.45) is 0.449. The minimum atomic E-state index is -0.513. The summed E-state index contributed by atoms with van der Waals surface area (Å²) in [6, 6.07) is 5.21. The molecule has 7 heteroatoms. The molecule has 0 aromatic heterocycles. The van der Waals surface area contributed by atoms with Crippen molar-refractivity contribution in [2.24, 2.45) is 0 Å². The van der Waals surface area contributed by atoms with Crippen LogP contribution in [-0.2, 0) is 20.7 Å². The predicted molar refractivity (Wildman–Crippen MR) is 101 cm³/mol. The Labute approximate surface area is 160 Å². The van der Waals surface area contributed by atoms with Crippen LogP contribution in [0.2, 0.25) is 5.02 Å². The summed E-state index contributed by atoms with van der Waals surface area (Å²) in [4.78, 5) is 24.9. The first-order valence-electron chi connectivity index (χ1n) is 8.63. The van der Waals surface area contributed by atoms with Gasteiger partial charge in [0, 0.05) is 13.6 Å². The first-order valence-corrected chi connectivity index (χ1v) is 9.01. The fourth-order valence-corrected chi connectivity index (χ4v) is 2.32. The van der Waals surface area contributed by atoms with E-state index in [0.29, 0.717) is 37.0 Å². The molecule has 0 aliphatic carbocycles. The Kier molecular flexibility index (Phi) is 8.72. The highest BCUT2D eigenvalue weighted by Gasteiger charge is 2.19. The molecule has 0 unspecified atom stereocenters. The summed E-state index contributed by atoms with van der Waals surface area (Å²) >= 11 is 6.19. The maximum absolute atomic E-state index is 11.9. The van der Waals surface area contributed by atoms with Gasteiger partial charge in [0.15, 0.2) is 0 Å². The normalized spacial score (nSPS) is 11.0. The standard InChI is InChI=1S/C19H28ClNO5/c1-6-24-17(22)13-14-8-9-16(15(20)12-14)25-11-7-10-21(5)18(23)26-19(2,3)4/h8-9,12H,6-7,10-11,13H2,1-5H3. The third-order valence-electron chi connectivity index (χ3n) is 3.25. The van der Waals surface area contributed by atoms with Crippen molar-refractivity contribution in [1.82, 2.24) is 4.90 Å². The van der Waals surface area contributed by atoms with Crippen molar-refractivity contribution in [2.45, 2.75) is 46.1 Å². The molecule has 6 nitrogen and oxygen atoms in total. The number of halogens is 1. The number of ether oxygens (including phenoxy) is 3. The van der Waals surface area contributed by atoms with Crippen LogP contribution < -0.4 is 4.74 Å². The van der Waals surface area contributed by atoms with Gasteiger partial charge in [0.2, 0.25) is 0 Å². The van der Waals surface area contributed by atoms with Crippen LogP contribution in [0, 0.1) is 0 Å². The second-order valence-electron chi connectivity index (χ2n) is 6.85. The zero-order valence-corrected chi connectivity index (χ0v) is 16.9. The average Bonchev–Trinajstić information content (AvgIpc) is 2.51. The molecule has 0 radical (unpaired) electrons. The van der Waals surface area contributed by atoms with Crippen LogP contribution in [0.15, 0.2) is 18.2 Å². The molecule has 0 bridgehead atoms. The van der Waals surface area contributed by atoms with E-state index in [4.69, 9.17) is 25.8 Å². The van der Waals surface area contributed by atoms with E-state index >= 15 is 0 Å². The molecule has 1 aromatic carbocycles. The second-order valence-corrected chi connectivity index (χ2v) is 7.26. The predicted octanol–water partition coefficient (Wildman–Crippen LogP) is 4.08. The van der Waals surface area contributed by atoms with E-state index in [2.05, 4.69) is 0 Å². The number of nitrogens with zero attached hydrogens (tertiary/aromatic N) is 1. The lowest BCUT2D eigenvalue weighted by molar-refractivity contribution is -0.142. The number of rotatable bonds is 8. The van der Waals surface area contributed by atoms with E-state index in [9.17, 15) is 9.59 Å². The lowest BCUT2D eigenvalue weighted by Crippen LogP contribution is -2.35. The van der Waals surface area contributed by atoms with E-state index in [1.165, 1.54) is 4.90 Å². The van der Waals surface area contributed by atoms with Crippen molar-refractivity contribution in [3.05, 3.63) is 28.8 Å². The molecule has 1 amide bonds. The van der Waals surface area contributed by atoms with Gasteiger partial charge in [-0.25, -0.2) is 4.79 Å². The monoisotopic (exact) mass is 385 g/mol. The van der Waals surface area contributed by atoms with Crippen LogP contribution in [0.5, 0.6) is 5.75 Å². The largest absolute Gasteiger partial charge is 0.492 e. The summed E-state index contributed by atoms with van der Waals surface area (Å²) in [7, 11) is 1.69. The van der Waals surface area contributed by atoms with Crippen molar-refractivity contribution in [1.29, 1.82) is 0 Å². The Balaban J connectivity index is 2.41. The highest BCUT2D eigenvalue weighted by Crippen LogP contribution is 2.26. The molecule has 146 valence electrons. The number of benzene rings is 1. The Morgan fingerprint density at radius 3 is 2.50 bits per heavy atom. The Bertz CT molecular complexity index is 612. The number of esters is 1. The van der Waals surface area contributed by atoms with Gasteiger partial charge in [-0.3, -0.25) is 4.79 Å². The van der Waals surface area contributed by atoms with E-state index in [1.807, 2.05) is 20.8 Å². The van der Waals surface area contributed by atoms with Crippen molar-refractivity contribution < 1.29 is 23.8 Å². The Morgan fingerprint density at radius 2 is 1.92 bits per heavy atom. The van der Waals surface area contributed by atoms with Gasteiger partial charge in [-0.15, -0.1) is 0 Å². The maximum Gasteiger partial charge on any atom is 0.410 e. The smallest absolute Gasteiger partial charge is 0.410 e.